The summed E-state index contributed by atoms with van der Waals surface area (Å²) in [6, 6.07) is 13.7. The monoisotopic (exact) mass is 511 g/mol. The molecule has 1 aliphatic heterocycles. The molecule has 1 heterocycles. The number of phenols is 1. The first-order valence-electron chi connectivity index (χ1n) is 12.8. The number of aliphatic hydroxyl groups excluding tert-OH is 1. The summed E-state index contributed by atoms with van der Waals surface area (Å²) in [5, 5.41) is 24.4. The molecule has 2 aliphatic rings. The van der Waals surface area contributed by atoms with Crippen LogP contribution < -0.4 is 11.1 Å². The minimum absolute atomic E-state index is 0.0538. The molecule has 2 aromatic carbocycles. The van der Waals surface area contributed by atoms with Crippen LogP contribution in [0.25, 0.3) is 0 Å². The van der Waals surface area contributed by atoms with E-state index in [1.807, 2.05) is 35.2 Å². The number of rotatable bonds is 9. The van der Waals surface area contributed by atoms with E-state index in [4.69, 9.17) is 5.73 Å². The highest BCUT2D eigenvalue weighted by Crippen LogP contribution is 2.38. The van der Waals surface area contributed by atoms with Gasteiger partial charge in [-0.05, 0) is 55.9 Å². The maximum atomic E-state index is 13.2. The number of piperidine rings is 1. The van der Waals surface area contributed by atoms with Crippen molar-refractivity contribution in [1.82, 2.24) is 10.2 Å². The first-order valence-corrected chi connectivity index (χ1v) is 13.8. The summed E-state index contributed by atoms with van der Waals surface area (Å²) in [7, 11) is 0. The number of thioether (sulfide) groups is 1. The summed E-state index contributed by atoms with van der Waals surface area (Å²) in [5.74, 6) is 0.846. The molecule has 5 N–H and O–H groups in total. The number of likely N-dealkylation sites (tertiary alicyclic amines) is 1. The Labute approximate surface area is 217 Å². The number of amides is 2. The van der Waals surface area contributed by atoms with Crippen LogP contribution in [0.1, 0.15) is 48.0 Å². The molecule has 7 nitrogen and oxygen atoms in total. The topological polar surface area (TPSA) is 116 Å². The van der Waals surface area contributed by atoms with Gasteiger partial charge in [-0.25, -0.2) is 0 Å². The van der Waals surface area contributed by atoms with E-state index >= 15 is 0 Å². The highest BCUT2D eigenvalue weighted by atomic mass is 32.2. The van der Waals surface area contributed by atoms with E-state index in [1.54, 1.807) is 36.9 Å². The number of nitrogens with zero attached hydrogens (tertiary/aromatic N) is 1. The maximum Gasteiger partial charge on any atom is 0.252 e. The van der Waals surface area contributed by atoms with E-state index in [0.717, 1.165) is 30.7 Å². The second kappa shape index (κ2) is 12.1. The third kappa shape index (κ3) is 6.41. The molecule has 0 spiro atoms. The fourth-order valence-corrected chi connectivity index (χ4v) is 6.66. The summed E-state index contributed by atoms with van der Waals surface area (Å²) >= 11 is 1.55. The summed E-state index contributed by atoms with van der Waals surface area (Å²) in [6.07, 6.45) is 4.53. The lowest BCUT2D eigenvalue weighted by Crippen LogP contribution is -2.58. The van der Waals surface area contributed by atoms with Gasteiger partial charge in [0.1, 0.15) is 5.75 Å². The van der Waals surface area contributed by atoms with Crippen molar-refractivity contribution in [3.63, 3.8) is 0 Å². The number of aromatic hydroxyl groups is 1. The summed E-state index contributed by atoms with van der Waals surface area (Å²) in [5.41, 5.74) is 6.66. The summed E-state index contributed by atoms with van der Waals surface area (Å²) < 4.78 is 0. The molecule has 4 rings (SSSR count). The minimum Gasteiger partial charge on any atom is -0.508 e. The zero-order chi connectivity index (χ0) is 25.7. The standard InChI is InChI=1S/C28H37N3O4S/c1-18-22(12-7-13-25(18)32)28(35)30-23(17-36-21-10-3-2-4-11-21)26(33)16-31-15-20-9-6-5-8-19(20)14-24(31)27(29)34/h2-4,7,10-13,19-20,23-24,26,32-33H,5-6,8-9,14-17H2,1H3,(H2,29,34)(H,30,35)/t19?,20?,23?,24-,26?/m0/s1. The van der Waals surface area contributed by atoms with Crippen LogP contribution in [0.5, 0.6) is 5.75 Å². The SMILES string of the molecule is Cc1c(O)cccc1C(=O)NC(CSc1ccccc1)C(O)CN1CC2CCCCC2C[C@H]1C(N)=O. The van der Waals surface area contributed by atoms with Gasteiger partial charge in [-0.1, -0.05) is 43.5 Å². The molecule has 2 fully saturated rings. The van der Waals surface area contributed by atoms with Crippen LogP contribution in [-0.2, 0) is 4.79 Å². The Balaban J connectivity index is 1.50. The van der Waals surface area contributed by atoms with Crippen molar-refractivity contribution in [2.45, 2.75) is 62.1 Å². The average molecular weight is 512 g/mol. The molecule has 194 valence electrons. The van der Waals surface area contributed by atoms with Crippen LogP contribution in [0.4, 0.5) is 0 Å². The number of aliphatic hydroxyl groups is 1. The smallest absolute Gasteiger partial charge is 0.252 e. The van der Waals surface area contributed by atoms with E-state index in [9.17, 15) is 19.8 Å². The summed E-state index contributed by atoms with van der Waals surface area (Å²) in [6.45, 7) is 2.70. The number of fused-ring (bicyclic) bond motifs is 1. The highest BCUT2D eigenvalue weighted by Gasteiger charge is 2.40. The summed E-state index contributed by atoms with van der Waals surface area (Å²) in [4.78, 5) is 28.6. The molecule has 8 heteroatoms. The third-order valence-electron chi connectivity index (χ3n) is 7.76. The minimum atomic E-state index is -0.898. The van der Waals surface area contributed by atoms with Gasteiger partial charge >= 0.3 is 0 Å². The number of primary amides is 1. The Morgan fingerprint density at radius 2 is 1.83 bits per heavy atom. The molecule has 1 aliphatic carbocycles. The Bertz CT molecular complexity index is 1050. The lowest BCUT2D eigenvalue weighted by Gasteiger charge is -2.46. The van der Waals surface area contributed by atoms with Crippen LogP contribution in [0.15, 0.2) is 53.4 Å². The van der Waals surface area contributed by atoms with Gasteiger partial charge in [0.25, 0.3) is 5.91 Å². The largest absolute Gasteiger partial charge is 0.508 e. The number of β-amino-alcohol motifs (C(OH)–C–C–N with tert-alkyl or cyclic N) is 1. The van der Waals surface area contributed by atoms with Crippen molar-refractivity contribution in [3.8, 4) is 5.75 Å². The molecule has 4 unspecified atom stereocenters. The molecule has 0 aromatic heterocycles. The van der Waals surface area contributed by atoms with E-state index < -0.39 is 18.2 Å². The number of nitrogens with two attached hydrogens (primary N) is 1. The maximum absolute atomic E-state index is 13.2. The molecule has 1 saturated heterocycles. The van der Waals surface area contributed by atoms with Crippen LogP contribution in [-0.4, -0.2) is 64.0 Å². The zero-order valence-electron chi connectivity index (χ0n) is 20.8. The molecule has 1 saturated carbocycles. The van der Waals surface area contributed by atoms with Gasteiger partial charge in [0, 0.05) is 34.9 Å². The van der Waals surface area contributed by atoms with Gasteiger partial charge in [0.15, 0.2) is 0 Å². The Hall–Kier alpha value is -2.55. The molecule has 5 atom stereocenters. The average Bonchev–Trinajstić information content (AvgIpc) is 2.88. The molecule has 36 heavy (non-hydrogen) atoms. The lowest BCUT2D eigenvalue weighted by molar-refractivity contribution is -0.127. The predicted octanol–water partition coefficient (Wildman–Crippen LogP) is 3.32. The lowest BCUT2D eigenvalue weighted by atomic mass is 9.72. The normalized spacial score (nSPS) is 23.9. The van der Waals surface area contributed by atoms with Gasteiger partial charge in [0.2, 0.25) is 5.91 Å². The van der Waals surface area contributed by atoms with Crippen molar-refractivity contribution in [3.05, 3.63) is 59.7 Å². The molecule has 2 aromatic rings. The highest BCUT2D eigenvalue weighted by molar-refractivity contribution is 7.99. The van der Waals surface area contributed by atoms with Crippen molar-refractivity contribution in [1.29, 1.82) is 0 Å². The van der Waals surface area contributed by atoms with Gasteiger partial charge in [0.05, 0.1) is 18.2 Å². The van der Waals surface area contributed by atoms with Crippen molar-refractivity contribution in [2.24, 2.45) is 17.6 Å². The van der Waals surface area contributed by atoms with Gasteiger partial charge in [-0.2, -0.15) is 0 Å². The van der Waals surface area contributed by atoms with Crippen LogP contribution in [0.2, 0.25) is 0 Å². The fourth-order valence-electron chi connectivity index (χ4n) is 5.63. The third-order valence-corrected chi connectivity index (χ3v) is 8.89. The Kier molecular flexibility index (Phi) is 8.93. The Morgan fingerprint density at radius 3 is 2.56 bits per heavy atom. The number of hydrogen-bond acceptors (Lipinski definition) is 6. The number of carbonyl (C=O) groups is 2. The molecule has 0 bridgehead atoms. The zero-order valence-corrected chi connectivity index (χ0v) is 21.6. The first kappa shape index (κ1) is 26.5. The van der Waals surface area contributed by atoms with Crippen LogP contribution in [0.3, 0.4) is 0 Å². The van der Waals surface area contributed by atoms with Gasteiger partial charge < -0.3 is 21.3 Å². The van der Waals surface area contributed by atoms with E-state index in [-0.39, 0.29) is 24.1 Å². The predicted molar refractivity (Wildman–Crippen MR) is 142 cm³/mol. The second-order valence-electron chi connectivity index (χ2n) is 10.1. The van der Waals surface area contributed by atoms with Crippen LogP contribution in [0, 0.1) is 18.8 Å². The fraction of sp³-hybridized carbons (Fsp3) is 0.500. The molecule has 0 radical (unpaired) electrons. The van der Waals surface area contributed by atoms with Crippen molar-refractivity contribution >= 4 is 23.6 Å². The number of phenolic OH excluding ortho intramolecular Hbond substituents is 1. The first-order chi connectivity index (χ1) is 17.3. The van der Waals surface area contributed by atoms with Gasteiger partial charge in [-0.15, -0.1) is 11.8 Å². The van der Waals surface area contributed by atoms with Crippen LogP contribution >= 0.6 is 11.8 Å². The molecular weight excluding hydrogens is 474 g/mol. The number of hydrogen-bond donors (Lipinski definition) is 4. The van der Waals surface area contributed by atoms with E-state index in [0.29, 0.717) is 28.7 Å². The Morgan fingerprint density at radius 1 is 1.11 bits per heavy atom. The van der Waals surface area contributed by atoms with Crippen molar-refractivity contribution in [2.75, 3.05) is 18.8 Å². The second-order valence-corrected chi connectivity index (χ2v) is 11.2. The number of benzene rings is 2. The van der Waals surface area contributed by atoms with Gasteiger partial charge in [-0.3, -0.25) is 14.5 Å². The van der Waals surface area contributed by atoms with Crippen molar-refractivity contribution < 1.29 is 19.8 Å². The van der Waals surface area contributed by atoms with E-state index in [1.165, 1.54) is 12.8 Å². The quantitative estimate of drug-likeness (QED) is 0.384. The molecular formula is C28H37N3O4S. The number of carbonyl (C=O) groups excluding carboxylic acids is 2. The van der Waals surface area contributed by atoms with E-state index in [2.05, 4.69) is 5.32 Å². The molecule has 2 amide bonds. The number of nitrogens with one attached hydrogen (secondary N) is 1.